The molecule has 0 aliphatic heterocycles. The number of hydrogen-bond donors (Lipinski definition) is 2. The van der Waals surface area contributed by atoms with E-state index in [2.05, 4.69) is 16.5 Å². The third kappa shape index (κ3) is 3.91. The number of hydrogen-bond acceptors (Lipinski definition) is 6. The minimum absolute atomic E-state index is 0.167. The molecule has 0 atom stereocenters. The number of aromatic nitrogens is 2. The smallest absolute Gasteiger partial charge is 0.221 e. The van der Waals surface area contributed by atoms with Gasteiger partial charge in [-0.3, -0.25) is 0 Å². The van der Waals surface area contributed by atoms with Gasteiger partial charge in [0.25, 0.3) is 0 Å². The summed E-state index contributed by atoms with van der Waals surface area (Å²) in [6.45, 7) is 6.31. The Kier molecular flexibility index (Phi) is 5.41. The van der Waals surface area contributed by atoms with Crippen molar-refractivity contribution in [2.45, 2.75) is 19.8 Å². The molecule has 0 radical (unpaired) electrons. The van der Waals surface area contributed by atoms with E-state index in [4.69, 9.17) is 20.9 Å². The van der Waals surface area contributed by atoms with E-state index in [9.17, 15) is 0 Å². The lowest BCUT2D eigenvalue weighted by molar-refractivity contribution is 0.331. The van der Waals surface area contributed by atoms with E-state index in [1.54, 1.807) is 13.3 Å². The standard InChI is InChI=1S/C17H22N4O2/c1-4-6-13-14(22-3)8-11(9-15(13)23-5-2)7-12-10-20-17(19)21-16(12)18/h4,8-10H,1,5-7H2,2-3H3,(H4,18,19,20,21). The highest BCUT2D eigenvalue weighted by Gasteiger charge is 2.13. The number of anilines is 2. The van der Waals surface area contributed by atoms with E-state index in [1.165, 1.54) is 0 Å². The van der Waals surface area contributed by atoms with Crippen LogP contribution in [-0.2, 0) is 12.8 Å². The number of benzene rings is 1. The third-order valence-corrected chi connectivity index (χ3v) is 3.41. The summed E-state index contributed by atoms with van der Waals surface area (Å²) in [5.74, 6) is 2.10. The van der Waals surface area contributed by atoms with Gasteiger partial charge in [-0.05, 0) is 31.0 Å². The van der Waals surface area contributed by atoms with Crippen molar-refractivity contribution in [2.75, 3.05) is 25.2 Å². The quantitative estimate of drug-likeness (QED) is 0.762. The topological polar surface area (TPSA) is 96.3 Å². The summed E-state index contributed by atoms with van der Waals surface area (Å²) < 4.78 is 11.3. The molecule has 0 bridgehead atoms. The molecule has 1 aromatic heterocycles. The Balaban J connectivity index is 2.41. The van der Waals surface area contributed by atoms with Crippen LogP contribution in [0.2, 0.25) is 0 Å². The van der Waals surface area contributed by atoms with Crippen molar-refractivity contribution >= 4 is 11.8 Å². The molecule has 6 heteroatoms. The van der Waals surface area contributed by atoms with E-state index in [0.717, 1.165) is 28.2 Å². The average molecular weight is 314 g/mol. The van der Waals surface area contributed by atoms with Crippen LogP contribution in [0.1, 0.15) is 23.6 Å². The molecule has 1 heterocycles. The Morgan fingerprint density at radius 2 is 2.00 bits per heavy atom. The van der Waals surface area contributed by atoms with Gasteiger partial charge in [-0.1, -0.05) is 6.08 Å². The Morgan fingerprint density at radius 3 is 2.61 bits per heavy atom. The molecule has 0 saturated heterocycles. The maximum atomic E-state index is 5.91. The van der Waals surface area contributed by atoms with Crippen molar-refractivity contribution in [1.29, 1.82) is 0 Å². The maximum Gasteiger partial charge on any atom is 0.221 e. The van der Waals surface area contributed by atoms with E-state index in [1.807, 2.05) is 25.1 Å². The molecule has 0 spiro atoms. The highest BCUT2D eigenvalue weighted by molar-refractivity contribution is 5.52. The number of rotatable bonds is 7. The second kappa shape index (κ2) is 7.49. The zero-order valence-corrected chi connectivity index (χ0v) is 13.5. The first kappa shape index (κ1) is 16.6. The number of nitrogen functional groups attached to an aromatic ring is 2. The van der Waals surface area contributed by atoms with Crippen LogP contribution in [-0.4, -0.2) is 23.7 Å². The minimum atomic E-state index is 0.167. The fourth-order valence-electron chi connectivity index (χ4n) is 2.38. The molecular weight excluding hydrogens is 292 g/mol. The van der Waals surface area contributed by atoms with Crippen molar-refractivity contribution in [3.63, 3.8) is 0 Å². The zero-order chi connectivity index (χ0) is 16.8. The number of nitrogens with two attached hydrogens (primary N) is 2. The fraction of sp³-hybridized carbons (Fsp3) is 0.294. The second-order valence-corrected chi connectivity index (χ2v) is 5.02. The predicted molar refractivity (Wildman–Crippen MR) is 91.7 cm³/mol. The number of methoxy groups -OCH3 is 1. The largest absolute Gasteiger partial charge is 0.496 e. The number of allylic oxidation sites excluding steroid dienone is 1. The third-order valence-electron chi connectivity index (χ3n) is 3.41. The van der Waals surface area contributed by atoms with Crippen LogP contribution in [0, 0.1) is 0 Å². The average Bonchev–Trinajstić information content (AvgIpc) is 2.52. The number of nitrogens with zero attached hydrogens (tertiary/aromatic N) is 2. The van der Waals surface area contributed by atoms with E-state index < -0.39 is 0 Å². The van der Waals surface area contributed by atoms with Crippen LogP contribution in [0.4, 0.5) is 11.8 Å². The lowest BCUT2D eigenvalue weighted by Gasteiger charge is -2.16. The SMILES string of the molecule is C=CCc1c(OC)cc(Cc2cnc(N)nc2N)cc1OCC. The number of ether oxygens (including phenoxy) is 2. The van der Waals surface area contributed by atoms with E-state index >= 15 is 0 Å². The van der Waals surface area contributed by atoms with Crippen LogP contribution in [0.3, 0.4) is 0 Å². The fourth-order valence-corrected chi connectivity index (χ4v) is 2.38. The zero-order valence-electron chi connectivity index (χ0n) is 13.5. The van der Waals surface area contributed by atoms with Crippen LogP contribution in [0.5, 0.6) is 11.5 Å². The van der Waals surface area contributed by atoms with Gasteiger partial charge in [-0.25, -0.2) is 4.98 Å². The first-order chi connectivity index (χ1) is 11.1. The van der Waals surface area contributed by atoms with Crippen LogP contribution in [0.25, 0.3) is 0 Å². The molecule has 122 valence electrons. The van der Waals surface area contributed by atoms with Gasteiger partial charge in [-0.2, -0.15) is 4.98 Å². The molecule has 4 N–H and O–H groups in total. The van der Waals surface area contributed by atoms with Gasteiger partial charge < -0.3 is 20.9 Å². The van der Waals surface area contributed by atoms with Gasteiger partial charge in [0.1, 0.15) is 17.3 Å². The monoisotopic (exact) mass is 314 g/mol. The summed E-state index contributed by atoms with van der Waals surface area (Å²) in [4.78, 5) is 7.98. The molecule has 1 aromatic carbocycles. The Morgan fingerprint density at radius 1 is 1.26 bits per heavy atom. The summed E-state index contributed by atoms with van der Waals surface area (Å²) >= 11 is 0. The first-order valence-electron chi connectivity index (χ1n) is 7.39. The minimum Gasteiger partial charge on any atom is -0.496 e. The van der Waals surface area contributed by atoms with Gasteiger partial charge in [0.05, 0.1) is 13.7 Å². The molecule has 0 aliphatic carbocycles. The molecule has 2 aromatic rings. The normalized spacial score (nSPS) is 10.3. The van der Waals surface area contributed by atoms with Gasteiger partial charge in [0.15, 0.2) is 0 Å². The van der Waals surface area contributed by atoms with Crippen molar-refractivity contribution in [1.82, 2.24) is 9.97 Å². The predicted octanol–water partition coefficient (Wildman–Crippen LogP) is 2.37. The van der Waals surface area contributed by atoms with Crippen LogP contribution >= 0.6 is 0 Å². The Bertz CT molecular complexity index is 701. The second-order valence-electron chi connectivity index (χ2n) is 5.02. The first-order valence-corrected chi connectivity index (χ1v) is 7.39. The van der Waals surface area contributed by atoms with Gasteiger partial charge in [0.2, 0.25) is 5.95 Å². The van der Waals surface area contributed by atoms with Crippen LogP contribution < -0.4 is 20.9 Å². The molecule has 0 unspecified atom stereocenters. The molecule has 6 nitrogen and oxygen atoms in total. The molecule has 0 amide bonds. The Labute approximate surface area is 136 Å². The van der Waals surface area contributed by atoms with Gasteiger partial charge in [0, 0.05) is 23.7 Å². The molecule has 23 heavy (non-hydrogen) atoms. The van der Waals surface area contributed by atoms with E-state index in [-0.39, 0.29) is 5.95 Å². The molecule has 2 rings (SSSR count). The summed E-state index contributed by atoms with van der Waals surface area (Å²) in [5, 5.41) is 0. The van der Waals surface area contributed by atoms with Crippen LogP contribution in [0.15, 0.2) is 31.0 Å². The highest BCUT2D eigenvalue weighted by atomic mass is 16.5. The summed E-state index contributed by atoms with van der Waals surface area (Å²) in [6.07, 6.45) is 4.71. The van der Waals surface area contributed by atoms with E-state index in [0.29, 0.717) is 25.3 Å². The summed E-state index contributed by atoms with van der Waals surface area (Å²) in [6, 6.07) is 3.96. The lowest BCUT2D eigenvalue weighted by atomic mass is 10.0. The van der Waals surface area contributed by atoms with Crippen molar-refractivity contribution in [3.05, 3.63) is 47.7 Å². The van der Waals surface area contributed by atoms with Gasteiger partial charge in [-0.15, -0.1) is 6.58 Å². The summed E-state index contributed by atoms with van der Waals surface area (Å²) in [5.41, 5.74) is 14.2. The molecule has 0 aliphatic rings. The lowest BCUT2D eigenvalue weighted by Crippen LogP contribution is -2.05. The molecule has 0 fully saturated rings. The highest BCUT2D eigenvalue weighted by Crippen LogP contribution is 2.32. The van der Waals surface area contributed by atoms with Gasteiger partial charge >= 0.3 is 0 Å². The van der Waals surface area contributed by atoms with Crippen molar-refractivity contribution in [3.8, 4) is 11.5 Å². The van der Waals surface area contributed by atoms with Crippen molar-refractivity contribution < 1.29 is 9.47 Å². The maximum absolute atomic E-state index is 5.91. The van der Waals surface area contributed by atoms with Crippen molar-refractivity contribution in [2.24, 2.45) is 0 Å². The Hall–Kier alpha value is -2.76. The molecule has 0 saturated carbocycles. The molecular formula is C17H22N4O2. The summed E-state index contributed by atoms with van der Waals surface area (Å²) in [7, 11) is 1.64.